The number of nitrogens with one attached hydrogen (secondary N) is 1. The van der Waals surface area contributed by atoms with Crippen LogP contribution < -0.4 is 16.0 Å². The van der Waals surface area contributed by atoms with Crippen LogP contribution in [0.2, 0.25) is 0 Å². The van der Waals surface area contributed by atoms with Crippen LogP contribution in [0.25, 0.3) is 5.52 Å². The van der Waals surface area contributed by atoms with Crippen molar-refractivity contribution in [3.8, 4) is 5.75 Å². The van der Waals surface area contributed by atoms with Gasteiger partial charge in [0.15, 0.2) is 0 Å². The van der Waals surface area contributed by atoms with E-state index in [-0.39, 0.29) is 6.04 Å². The third kappa shape index (κ3) is 2.58. The second-order valence-corrected chi connectivity index (χ2v) is 4.61. The van der Waals surface area contributed by atoms with Gasteiger partial charge in [0, 0.05) is 18.0 Å². The van der Waals surface area contributed by atoms with Crippen molar-refractivity contribution in [2.24, 2.45) is 5.84 Å². The van der Waals surface area contributed by atoms with Crippen LogP contribution in [0.5, 0.6) is 5.75 Å². The molecule has 3 N–H and O–H groups in total. The van der Waals surface area contributed by atoms with E-state index in [4.69, 9.17) is 10.6 Å². The van der Waals surface area contributed by atoms with Gasteiger partial charge in [-0.05, 0) is 24.6 Å². The number of hydrogen-bond donors (Lipinski definition) is 2. The molecule has 0 aliphatic carbocycles. The van der Waals surface area contributed by atoms with Crippen LogP contribution in [0.3, 0.4) is 0 Å². The summed E-state index contributed by atoms with van der Waals surface area (Å²) in [6.45, 7) is 2.59. The van der Waals surface area contributed by atoms with Gasteiger partial charge >= 0.3 is 0 Å². The third-order valence-electron chi connectivity index (χ3n) is 3.33. The van der Waals surface area contributed by atoms with Crippen LogP contribution >= 0.6 is 0 Å². The molecule has 1 atom stereocenters. The van der Waals surface area contributed by atoms with Crippen molar-refractivity contribution in [1.29, 1.82) is 0 Å². The van der Waals surface area contributed by atoms with Gasteiger partial charge in [-0.15, -0.1) is 0 Å². The molecule has 0 aliphatic rings. The molecule has 0 fully saturated rings. The molecule has 0 saturated heterocycles. The Morgan fingerprint density at radius 1 is 1.38 bits per heavy atom. The van der Waals surface area contributed by atoms with E-state index in [1.807, 2.05) is 37.4 Å². The Morgan fingerprint density at radius 3 is 3.10 bits per heavy atom. The highest BCUT2D eigenvalue weighted by Gasteiger charge is 2.17. The minimum Gasteiger partial charge on any atom is -0.494 e. The predicted molar refractivity (Wildman–Crippen MR) is 79.8 cm³/mol. The summed E-state index contributed by atoms with van der Waals surface area (Å²) in [5, 5.41) is 4.32. The molecule has 0 amide bonds. The molecule has 1 aromatic carbocycles. The SMILES string of the molecule is CCOc1cccc(C(NN)c2cnn3ccncc23)c1. The third-order valence-corrected chi connectivity index (χ3v) is 3.33. The fraction of sp³-hybridized carbons (Fsp3) is 0.200. The van der Waals surface area contributed by atoms with E-state index in [0.717, 1.165) is 22.4 Å². The van der Waals surface area contributed by atoms with Crippen molar-refractivity contribution in [3.05, 3.63) is 60.2 Å². The number of ether oxygens (including phenoxy) is 1. The Balaban J connectivity index is 2.03. The average molecular weight is 283 g/mol. The van der Waals surface area contributed by atoms with Gasteiger partial charge in [-0.25, -0.2) is 9.94 Å². The molecule has 0 bridgehead atoms. The highest BCUT2D eigenvalue weighted by molar-refractivity contribution is 5.56. The number of nitrogens with two attached hydrogens (primary N) is 1. The number of nitrogens with zero attached hydrogens (tertiary/aromatic N) is 3. The van der Waals surface area contributed by atoms with Gasteiger partial charge in [0.1, 0.15) is 5.75 Å². The van der Waals surface area contributed by atoms with E-state index < -0.39 is 0 Å². The molecule has 3 aromatic rings. The topological polar surface area (TPSA) is 77.5 Å². The molecular weight excluding hydrogens is 266 g/mol. The van der Waals surface area contributed by atoms with Gasteiger partial charge < -0.3 is 4.74 Å². The molecule has 3 rings (SSSR count). The van der Waals surface area contributed by atoms with Crippen molar-refractivity contribution in [2.75, 3.05) is 6.61 Å². The lowest BCUT2D eigenvalue weighted by atomic mass is 10.0. The molecule has 6 nitrogen and oxygen atoms in total. The van der Waals surface area contributed by atoms with Crippen LogP contribution in [-0.2, 0) is 0 Å². The number of fused-ring (bicyclic) bond motifs is 1. The number of rotatable bonds is 5. The largest absolute Gasteiger partial charge is 0.494 e. The quantitative estimate of drug-likeness (QED) is 0.550. The van der Waals surface area contributed by atoms with Crippen LogP contribution in [-0.4, -0.2) is 21.2 Å². The van der Waals surface area contributed by atoms with Gasteiger partial charge in [-0.3, -0.25) is 10.8 Å². The fourth-order valence-corrected chi connectivity index (χ4v) is 2.39. The van der Waals surface area contributed by atoms with Gasteiger partial charge in [0.05, 0.1) is 30.6 Å². The first kappa shape index (κ1) is 13.5. The van der Waals surface area contributed by atoms with Crippen molar-refractivity contribution < 1.29 is 4.74 Å². The zero-order valence-electron chi connectivity index (χ0n) is 11.7. The van der Waals surface area contributed by atoms with Crippen molar-refractivity contribution >= 4 is 5.52 Å². The summed E-state index contributed by atoms with van der Waals surface area (Å²) in [6, 6.07) is 7.69. The van der Waals surface area contributed by atoms with Crippen LogP contribution in [0, 0.1) is 0 Å². The van der Waals surface area contributed by atoms with Crippen LogP contribution in [0.1, 0.15) is 24.1 Å². The van der Waals surface area contributed by atoms with Crippen molar-refractivity contribution in [3.63, 3.8) is 0 Å². The Labute approximate surface area is 122 Å². The normalized spacial score (nSPS) is 12.5. The lowest BCUT2D eigenvalue weighted by Gasteiger charge is -2.16. The van der Waals surface area contributed by atoms with E-state index in [9.17, 15) is 0 Å². The Kier molecular flexibility index (Phi) is 3.81. The second-order valence-electron chi connectivity index (χ2n) is 4.61. The molecule has 1 unspecified atom stereocenters. The van der Waals surface area contributed by atoms with Crippen molar-refractivity contribution in [2.45, 2.75) is 13.0 Å². The number of hydrogen-bond acceptors (Lipinski definition) is 5. The maximum absolute atomic E-state index is 5.76. The minimum absolute atomic E-state index is 0.174. The molecule has 0 aliphatic heterocycles. The first-order chi connectivity index (χ1) is 10.3. The highest BCUT2D eigenvalue weighted by Crippen LogP contribution is 2.27. The minimum atomic E-state index is -0.174. The van der Waals surface area contributed by atoms with Crippen LogP contribution in [0.15, 0.2) is 49.1 Å². The molecule has 6 heteroatoms. The first-order valence-electron chi connectivity index (χ1n) is 6.79. The summed E-state index contributed by atoms with van der Waals surface area (Å²) >= 11 is 0. The standard InChI is InChI=1S/C15H17N5O/c1-2-21-12-5-3-4-11(8-12)15(19-16)13-9-18-20-7-6-17-10-14(13)20/h3-10,15,19H,2,16H2,1H3. The summed E-state index contributed by atoms with van der Waals surface area (Å²) in [5.41, 5.74) is 5.75. The number of aromatic nitrogens is 3. The van der Waals surface area contributed by atoms with Crippen LogP contribution in [0.4, 0.5) is 0 Å². The average Bonchev–Trinajstić information content (AvgIpc) is 2.93. The zero-order chi connectivity index (χ0) is 14.7. The van der Waals surface area contributed by atoms with E-state index in [1.165, 1.54) is 0 Å². The molecule has 108 valence electrons. The summed E-state index contributed by atoms with van der Waals surface area (Å²) in [5.74, 6) is 6.59. The molecule has 2 heterocycles. The lowest BCUT2D eigenvalue weighted by Crippen LogP contribution is -2.28. The maximum atomic E-state index is 5.76. The summed E-state index contributed by atoms with van der Waals surface area (Å²) < 4.78 is 7.32. The fourth-order valence-electron chi connectivity index (χ4n) is 2.39. The Morgan fingerprint density at radius 2 is 2.29 bits per heavy atom. The maximum Gasteiger partial charge on any atom is 0.119 e. The van der Waals surface area contributed by atoms with Gasteiger partial charge in [0.2, 0.25) is 0 Å². The summed E-state index contributed by atoms with van der Waals surface area (Å²) in [6.07, 6.45) is 7.08. The van der Waals surface area contributed by atoms with E-state index in [1.54, 1.807) is 23.1 Å². The summed E-state index contributed by atoms with van der Waals surface area (Å²) in [7, 11) is 0. The lowest BCUT2D eigenvalue weighted by molar-refractivity contribution is 0.339. The summed E-state index contributed by atoms with van der Waals surface area (Å²) in [4.78, 5) is 4.15. The molecule has 0 saturated carbocycles. The van der Waals surface area contributed by atoms with Gasteiger partial charge in [-0.1, -0.05) is 12.1 Å². The first-order valence-corrected chi connectivity index (χ1v) is 6.79. The van der Waals surface area contributed by atoms with E-state index in [2.05, 4.69) is 15.5 Å². The molecule has 21 heavy (non-hydrogen) atoms. The zero-order valence-corrected chi connectivity index (χ0v) is 11.7. The van der Waals surface area contributed by atoms with Gasteiger partial charge in [0.25, 0.3) is 0 Å². The number of benzene rings is 1. The second kappa shape index (κ2) is 5.90. The van der Waals surface area contributed by atoms with E-state index >= 15 is 0 Å². The Hall–Kier alpha value is -2.44. The van der Waals surface area contributed by atoms with E-state index in [0.29, 0.717) is 6.61 Å². The molecule has 2 aromatic heterocycles. The molecule has 0 spiro atoms. The molecular formula is C15H17N5O. The Bertz CT molecular complexity index is 740. The van der Waals surface area contributed by atoms with Gasteiger partial charge in [-0.2, -0.15) is 5.10 Å². The monoisotopic (exact) mass is 283 g/mol. The highest BCUT2D eigenvalue weighted by atomic mass is 16.5. The van der Waals surface area contributed by atoms with Crippen molar-refractivity contribution in [1.82, 2.24) is 20.0 Å². The molecule has 0 radical (unpaired) electrons. The predicted octanol–water partition coefficient (Wildman–Crippen LogP) is 1.68. The smallest absolute Gasteiger partial charge is 0.119 e. The number of hydrazine groups is 1.